The summed E-state index contributed by atoms with van der Waals surface area (Å²) in [4.78, 5) is 27.6. The molecule has 0 radical (unpaired) electrons. The van der Waals surface area contributed by atoms with Crippen molar-refractivity contribution in [3.8, 4) is 0 Å². The normalized spacial score (nSPS) is 20.1. The van der Waals surface area contributed by atoms with Gasteiger partial charge in [-0.1, -0.05) is 30.3 Å². The molecule has 0 spiro atoms. The van der Waals surface area contributed by atoms with Gasteiger partial charge in [-0.25, -0.2) is 0 Å². The van der Waals surface area contributed by atoms with Crippen LogP contribution in [0.2, 0.25) is 0 Å². The van der Waals surface area contributed by atoms with E-state index in [1.165, 1.54) is 6.42 Å². The molecule has 1 saturated carbocycles. The summed E-state index contributed by atoms with van der Waals surface area (Å²) in [7, 11) is 1.67. The Bertz CT molecular complexity index is 601. The highest BCUT2D eigenvalue weighted by atomic mass is 16.5. The van der Waals surface area contributed by atoms with E-state index < -0.39 is 6.04 Å². The first kappa shape index (κ1) is 18.9. The van der Waals surface area contributed by atoms with E-state index in [1.807, 2.05) is 35.2 Å². The van der Waals surface area contributed by atoms with E-state index in [1.54, 1.807) is 7.11 Å². The molecule has 1 atom stereocenters. The fraction of sp³-hybridized carbons (Fsp3) is 0.619. The van der Waals surface area contributed by atoms with Gasteiger partial charge in [0, 0.05) is 26.6 Å². The fourth-order valence-corrected chi connectivity index (χ4v) is 3.95. The molecule has 1 unspecified atom stereocenters. The molecular formula is C21H30N2O3. The van der Waals surface area contributed by atoms with Crippen LogP contribution < -0.4 is 5.32 Å². The molecule has 0 aromatic heterocycles. The van der Waals surface area contributed by atoms with Gasteiger partial charge in [0.25, 0.3) is 0 Å². The number of rotatable bonds is 7. The maximum Gasteiger partial charge on any atom is 0.245 e. The first-order valence-corrected chi connectivity index (χ1v) is 9.79. The second kappa shape index (κ2) is 8.67. The van der Waals surface area contributed by atoms with E-state index in [0.717, 1.165) is 50.8 Å². The van der Waals surface area contributed by atoms with Crippen LogP contribution in [-0.2, 0) is 20.7 Å². The van der Waals surface area contributed by atoms with Gasteiger partial charge in [-0.05, 0) is 44.1 Å². The van der Waals surface area contributed by atoms with Gasteiger partial charge in [0.15, 0.2) is 0 Å². The number of carbonyl (C=O) groups is 2. The monoisotopic (exact) mass is 358 g/mol. The van der Waals surface area contributed by atoms with E-state index >= 15 is 0 Å². The Kier molecular flexibility index (Phi) is 6.30. The van der Waals surface area contributed by atoms with Crippen molar-refractivity contribution in [2.24, 2.45) is 0 Å². The summed E-state index contributed by atoms with van der Waals surface area (Å²) < 4.78 is 5.56. The molecule has 0 bridgehead atoms. The fourth-order valence-electron chi connectivity index (χ4n) is 3.95. The Morgan fingerprint density at radius 2 is 1.81 bits per heavy atom. The molecule has 2 aliphatic rings. The number of hydrogen-bond donors (Lipinski definition) is 1. The topological polar surface area (TPSA) is 58.6 Å². The quantitative estimate of drug-likeness (QED) is 0.815. The average Bonchev–Trinajstić information content (AvgIpc) is 2.65. The molecule has 3 rings (SSSR count). The molecule has 1 aliphatic heterocycles. The molecule has 1 N–H and O–H groups in total. The van der Waals surface area contributed by atoms with E-state index in [0.29, 0.717) is 12.8 Å². The Morgan fingerprint density at radius 3 is 2.38 bits per heavy atom. The number of piperidine rings is 1. The number of amides is 2. The molecule has 1 aromatic carbocycles. The Labute approximate surface area is 156 Å². The van der Waals surface area contributed by atoms with Crippen LogP contribution in [-0.4, -0.2) is 48.6 Å². The molecule has 26 heavy (non-hydrogen) atoms. The molecule has 5 heteroatoms. The van der Waals surface area contributed by atoms with Crippen LogP contribution in [0.5, 0.6) is 0 Å². The third-order valence-corrected chi connectivity index (χ3v) is 5.76. The number of likely N-dealkylation sites (tertiary alicyclic amines) is 1. The number of nitrogens with one attached hydrogen (secondary N) is 1. The van der Waals surface area contributed by atoms with Crippen LogP contribution in [0.15, 0.2) is 30.3 Å². The highest BCUT2D eigenvalue weighted by Gasteiger charge is 2.40. The smallest absolute Gasteiger partial charge is 0.245 e. The van der Waals surface area contributed by atoms with E-state index in [2.05, 4.69) is 5.32 Å². The van der Waals surface area contributed by atoms with Gasteiger partial charge < -0.3 is 15.0 Å². The van der Waals surface area contributed by atoms with Gasteiger partial charge in [-0.2, -0.15) is 0 Å². The second-order valence-corrected chi connectivity index (χ2v) is 7.61. The predicted molar refractivity (Wildman–Crippen MR) is 101 cm³/mol. The number of nitrogens with zero attached hydrogens (tertiary/aromatic N) is 1. The lowest BCUT2D eigenvalue weighted by molar-refractivity contribution is -0.141. The van der Waals surface area contributed by atoms with Gasteiger partial charge in [-0.3, -0.25) is 9.59 Å². The standard InChI is InChI=1S/C21H30N2O3/c1-26-21(11-8-12-21)16-19(24)22-18(15-17-9-4-2-5-10-17)20(25)23-13-6-3-7-14-23/h2,4-5,9-10,18H,3,6-8,11-16H2,1H3,(H,22,24). The zero-order valence-corrected chi connectivity index (χ0v) is 15.7. The van der Waals surface area contributed by atoms with Gasteiger partial charge in [-0.15, -0.1) is 0 Å². The van der Waals surface area contributed by atoms with E-state index in [4.69, 9.17) is 4.74 Å². The third-order valence-electron chi connectivity index (χ3n) is 5.76. The lowest BCUT2D eigenvalue weighted by Gasteiger charge is -2.40. The van der Waals surface area contributed by atoms with E-state index in [-0.39, 0.29) is 17.4 Å². The summed E-state index contributed by atoms with van der Waals surface area (Å²) in [5.41, 5.74) is 0.739. The van der Waals surface area contributed by atoms with Crippen LogP contribution >= 0.6 is 0 Å². The SMILES string of the molecule is COC1(CC(=O)NC(Cc2ccccc2)C(=O)N2CCCCC2)CCC1. The number of methoxy groups -OCH3 is 1. The van der Waals surface area contributed by atoms with E-state index in [9.17, 15) is 9.59 Å². The first-order chi connectivity index (χ1) is 12.6. The minimum absolute atomic E-state index is 0.0435. The number of benzene rings is 1. The molecule has 1 heterocycles. The Balaban J connectivity index is 1.67. The summed E-state index contributed by atoms with van der Waals surface area (Å²) in [6.07, 6.45) is 7.07. The van der Waals surface area contributed by atoms with Crippen molar-refractivity contribution in [2.75, 3.05) is 20.2 Å². The first-order valence-electron chi connectivity index (χ1n) is 9.79. The molecule has 1 aromatic rings. The third kappa shape index (κ3) is 4.64. The highest BCUT2D eigenvalue weighted by Crippen LogP contribution is 2.37. The molecule has 2 amide bonds. The van der Waals surface area contributed by atoms with Crippen molar-refractivity contribution in [3.63, 3.8) is 0 Å². The Morgan fingerprint density at radius 1 is 1.12 bits per heavy atom. The van der Waals surface area contributed by atoms with Crippen LogP contribution in [0, 0.1) is 0 Å². The van der Waals surface area contributed by atoms with Crippen LogP contribution in [0.25, 0.3) is 0 Å². The molecular weight excluding hydrogens is 328 g/mol. The highest BCUT2D eigenvalue weighted by molar-refractivity contribution is 5.88. The van der Waals surface area contributed by atoms with Crippen molar-refractivity contribution < 1.29 is 14.3 Å². The average molecular weight is 358 g/mol. The summed E-state index contributed by atoms with van der Waals surface area (Å²) >= 11 is 0. The maximum absolute atomic E-state index is 13.0. The zero-order chi connectivity index (χ0) is 18.4. The lowest BCUT2D eigenvalue weighted by atomic mass is 9.77. The van der Waals surface area contributed by atoms with Crippen LogP contribution in [0.3, 0.4) is 0 Å². The maximum atomic E-state index is 13.0. The van der Waals surface area contributed by atoms with Crippen molar-refractivity contribution in [3.05, 3.63) is 35.9 Å². The van der Waals surface area contributed by atoms with Crippen molar-refractivity contribution in [1.82, 2.24) is 10.2 Å². The Hall–Kier alpha value is -1.88. The summed E-state index contributed by atoms with van der Waals surface area (Å²) in [6.45, 7) is 1.59. The number of carbonyl (C=O) groups excluding carboxylic acids is 2. The molecule has 1 saturated heterocycles. The van der Waals surface area contributed by atoms with Crippen molar-refractivity contribution >= 4 is 11.8 Å². The second-order valence-electron chi connectivity index (χ2n) is 7.61. The van der Waals surface area contributed by atoms with Gasteiger partial charge in [0.1, 0.15) is 6.04 Å². The molecule has 142 valence electrons. The molecule has 1 aliphatic carbocycles. The van der Waals surface area contributed by atoms with Crippen molar-refractivity contribution in [1.29, 1.82) is 0 Å². The summed E-state index contributed by atoms with van der Waals surface area (Å²) in [5, 5.41) is 3.01. The largest absolute Gasteiger partial charge is 0.378 e. The van der Waals surface area contributed by atoms with Crippen LogP contribution in [0.4, 0.5) is 0 Å². The summed E-state index contributed by atoms with van der Waals surface area (Å²) in [6, 6.07) is 9.40. The van der Waals surface area contributed by atoms with Gasteiger partial charge in [0.2, 0.25) is 11.8 Å². The predicted octanol–water partition coefficient (Wildman–Crippen LogP) is 2.69. The molecule has 2 fully saturated rings. The minimum atomic E-state index is -0.503. The summed E-state index contributed by atoms with van der Waals surface area (Å²) in [5.74, 6) is -0.0418. The number of ether oxygens (including phenoxy) is 1. The van der Waals surface area contributed by atoms with Gasteiger partial charge >= 0.3 is 0 Å². The minimum Gasteiger partial charge on any atom is -0.378 e. The number of hydrogen-bond acceptors (Lipinski definition) is 3. The lowest BCUT2D eigenvalue weighted by Crippen LogP contribution is -2.53. The van der Waals surface area contributed by atoms with Crippen LogP contribution in [0.1, 0.15) is 50.5 Å². The zero-order valence-electron chi connectivity index (χ0n) is 15.7. The van der Waals surface area contributed by atoms with Gasteiger partial charge in [0.05, 0.1) is 12.0 Å². The van der Waals surface area contributed by atoms with Crippen molar-refractivity contribution in [2.45, 2.75) is 63.0 Å². The molecule has 5 nitrogen and oxygen atoms in total.